The standard InChI is InChI=1S/C10H15BrN5O5P/c11-1-2-21-22(17,18)7-19-3-4-20-16-6-15-8-9(12)13-5-14-10(8)16/h5-6H,1-4,7H2,(H,17,18)(H2,12,13,14). The van der Waals surface area contributed by atoms with Gasteiger partial charge in [0.1, 0.15) is 25.6 Å². The van der Waals surface area contributed by atoms with Crippen LogP contribution in [-0.4, -0.2) is 56.1 Å². The zero-order chi connectivity index (χ0) is 16.0. The van der Waals surface area contributed by atoms with E-state index in [-0.39, 0.29) is 25.6 Å². The predicted molar refractivity (Wildman–Crippen MR) is 81.6 cm³/mol. The summed E-state index contributed by atoms with van der Waals surface area (Å²) in [5, 5.41) is 0.472. The van der Waals surface area contributed by atoms with Crippen LogP contribution in [-0.2, 0) is 13.8 Å². The van der Waals surface area contributed by atoms with Gasteiger partial charge < -0.3 is 24.7 Å². The second kappa shape index (κ2) is 7.84. The first-order valence-corrected chi connectivity index (χ1v) is 9.09. The van der Waals surface area contributed by atoms with Crippen LogP contribution in [0.15, 0.2) is 12.7 Å². The van der Waals surface area contributed by atoms with Crippen LogP contribution in [0.2, 0.25) is 0 Å². The molecule has 0 spiro atoms. The van der Waals surface area contributed by atoms with Crippen LogP contribution in [0.1, 0.15) is 0 Å². The van der Waals surface area contributed by atoms with Crippen molar-refractivity contribution in [3.8, 4) is 0 Å². The molecular formula is C10H15BrN5O5P. The Hall–Kier alpha value is -1.26. The number of hydrogen-bond acceptors (Lipinski definition) is 8. The van der Waals surface area contributed by atoms with Gasteiger partial charge in [0.15, 0.2) is 11.3 Å². The summed E-state index contributed by atoms with van der Waals surface area (Å²) in [5.41, 5.74) is 6.52. The normalized spacial score (nSPS) is 14.1. The highest BCUT2D eigenvalue weighted by molar-refractivity contribution is 9.09. The van der Waals surface area contributed by atoms with E-state index >= 15 is 0 Å². The maximum absolute atomic E-state index is 11.5. The van der Waals surface area contributed by atoms with Gasteiger partial charge in [-0.05, 0) is 0 Å². The molecule has 12 heteroatoms. The van der Waals surface area contributed by atoms with Crippen LogP contribution in [0, 0.1) is 0 Å². The van der Waals surface area contributed by atoms with E-state index in [1.807, 2.05) is 0 Å². The summed E-state index contributed by atoms with van der Waals surface area (Å²) in [6.45, 7) is 0.367. The Kier molecular flexibility index (Phi) is 6.09. The molecule has 0 aliphatic carbocycles. The molecule has 0 saturated carbocycles. The summed E-state index contributed by atoms with van der Waals surface area (Å²) in [6.07, 6.45) is 2.31. The van der Waals surface area contributed by atoms with E-state index in [9.17, 15) is 9.46 Å². The Labute approximate surface area is 134 Å². The second-order valence-corrected chi connectivity index (χ2v) is 6.62. The molecule has 22 heavy (non-hydrogen) atoms. The van der Waals surface area contributed by atoms with Crippen molar-refractivity contribution in [2.75, 3.05) is 37.2 Å². The summed E-state index contributed by atoms with van der Waals surface area (Å²) in [6, 6.07) is 0. The summed E-state index contributed by atoms with van der Waals surface area (Å²) in [4.78, 5) is 26.6. The molecule has 0 aliphatic rings. The average molecular weight is 396 g/mol. The topological polar surface area (TPSA) is 135 Å². The van der Waals surface area contributed by atoms with Crippen LogP contribution in [0.25, 0.3) is 11.2 Å². The number of fused-ring (bicyclic) bond motifs is 1. The van der Waals surface area contributed by atoms with Crippen molar-refractivity contribution < 1.29 is 23.6 Å². The summed E-state index contributed by atoms with van der Waals surface area (Å²) >= 11 is 3.10. The van der Waals surface area contributed by atoms with Gasteiger partial charge in [-0.1, -0.05) is 15.9 Å². The number of aromatic nitrogens is 4. The Balaban J connectivity index is 1.77. The van der Waals surface area contributed by atoms with Gasteiger partial charge in [0, 0.05) is 5.33 Å². The molecule has 0 bridgehead atoms. The smallest absolute Gasteiger partial charge is 0.353 e. The number of nitrogen functional groups attached to an aromatic ring is 1. The molecule has 0 radical (unpaired) electrons. The van der Waals surface area contributed by atoms with Gasteiger partial charge in [-0.3, -0.25) is 4.57 Å². The largest absolute Gasteiger partial charge is 0.408 e. The van der Waals surface area contributed by atoms with E-state index in [1.54, 1.807) is 0 Å². The maximum Gasteiger partial charge on any atom is 0.353 e. The lowest BCUT2D eigenvalue weighted by atomic mass is 10.5. The third-order valence-electron chi connectivity index (χ3n) is 2.41. The number of nitrogens with zero attached hydrogens (tertiary/aromatic N) is 4. The van der Waals surface area contributed by atoms with Crippen molar-refractivity contribution in [3.05, 3.63) is 12.7 Å². The van der Waals surface area contributed by atoms with Crippen molar-refractivity contribution in [1.82, 2.24) is 19.7 Å². The van der Waals surface area contributed by atoms with E-state index in [0.717, 1.165) is 0 Å². The molecule has 10 nitrogen and oxygen atoms in total. The Bertz CT molecular complexity index is 668. The number of imidazole rings is 1. The minimum atomic E-state index is -3.72. The van der Waals surface area contributed by atoms with Crippen molar-refractivity contribution in [2.45, 2.75) is 0 Å². The van der Waals surface area contributed by atoms with Crippen molar-refractivity contribution in [2.24, 2.45) is 0 Å². The summed E-state index contributed by atoms with van der Waals surface area (Å²) in [7, 11) is -3.72. The molecule has 1 unspecified atom stereocenters. The molecule has 0 saturated heterocycles. The highest BCUT2D eigenvalue weighted by atomic mass is 79.9. The van der Waals surface area contributed by atoms with Crippen LogP contribution < -0.4 is 10.6 Å². The first-order chi connectivity index (χ1) is 10.5. The van der Waals surface area contributed by atoms with Crippen LogP contribution in [0.3, 0.4) is 0 Å². The van der Waals surface area contributed by atoms with Crippen LogP contribution >= 0.6 is 23.5 Å². The van der Waals surface area contributed by atoms with E-state index in [4.69, 9.17) is 19.8 Å². The van der Waals surface area contributed by atoms with Gasteiger partial charge in [-0.2, -0.15) is 4.73 Å². The molecule has 1 atom stereocenters. The number of alkyl halides is 1. The maximum atomic E-state index is 11.5. The van der Waals surface area contributed by atoms with E-state index in [2.05, 4.69) is 30.9 Å². The molecular weight excluding hydrogens is 381 g/mol. The number of rotatable bonds is 9. The SMILES string of the molecule is Nc1ncnc2c1ncn2OCCOCP(=O)(O)OCCBr. The molecule has 0 aromatic carbocycles. The molecule has 0 aliphatic heterocycles. The van der Waals surface area contributed by atoms with Gasteiger partial charge in [0.25, 0.3) is 0 Å². The van der Waals surface area contributed by atoms with Crippen molar-refractivity contribution >= 4 is 40.5 Å². The van der Waals surface area contributed by atoms with Crippen molar-refractivity contribution in [1.29, 1.82) is 0 Å². The first-order valence-electron chi connectivity index (χ1n) is 6.20. The van der Waals surface area contributed by atoms with Crippen LogP contribution in [0.4, 0.5) is 5.82 Å². The fourth-order valence-corrected chi connectivity index (χ4v) is 2.74. The Morgan fingerprint density at radius 3 is 2.91 bits per heavy atom. The van der Waals surface area contributed by atoms with Crippen molar-refractivity contribution in [3.63, 3.8) is 0 Å². The van der Waals surface area contributed by atoms with Gasteiger partial charge in [0.2, 0.25) is 5.65 Å². The molecule has 2 heterocycles. The monoisotopic (exact) mass is 395 g/mol. The highest BCUT2D eigenvalue weighted by Crippen LogP contribution is 2.41. The van der Waals surface area contributed by atoms with E-state index in [0.29, 0.717) is 16.5 Å². The van der Waals surface area contributed by atoms with Gasteiger partial charge in [-0.25, -0.2) is 15.0 Å². The van der Waals surface area contributed by atoms with E-state index < -0.39 is 13.9 Å². The Morgan fingerprint density at radius 2 is 2.14 bits per heavy atom. The lowest BCUT2D eigenvalue weighted by Gasteiger charge is -2.12. The third kappa shape index (κ3) is 4.62. The fourth-order valence-electron chi connectivity index (χ4n) is 1.52. The van der Waals surface area contributed by atoms with Gasteiger partial charge in [-0.15, -0.1) is 0 Å². The van der Waals surface area contributed by atoms with Gasteiger partial charge >= 0.3 is 7.60 Å². The average Bonchev–Trinajstić information content (AvgIpc) is 2.90. The minimum Gasteiger partial charge on any atom is -0.408 e. The fraction of sp³-hybridized carbons (Fsp3) is 0.500. The lowest BCUT2D eigenvalue weighted by molar-refractivity contribution is 0.0508. The molecule has 2 aromatic rings. The van der Waals surface area contributed by atoms with Gasteiger partial charge in [0.05, 0.1) is 13.2 Å². The number of anilines is 1. The molecule has 122 valence electrons. The number of ether oxygens (including phenoxy) is 1. The highest BCUT2D eigenvalue weighted by Gasteiger charge is 2.19. The summed E-state index contributed by atoms with van der Waals surface area (Å²) < 4.78 is 22.6. The number of halogens is 1. The van der Waals surface area contributed by atoms with Crippen LogP contribution in [0.5, 0.6) is 0 Å². The minimum absolute atomic E-state index is 0.0997. The molecule has 3 N–H and O–H groups in total. The molecule has 0 amide bonds. The number of hydrogen-bond donors (Lipinski definition) is 2. The lowest BCUT2D eigenvalue weighted by Crippen LogP contribution is -2.17. The zero-order valence-corrected chi connectivity index (χ0v) is 13.9. The molecule has 2 aromatic heterocycles. The zero-order valence-electron chi connectivity index (χ0n) is 11.5. The third-order valence-corrected chi connectivity index (χ3v) is 3.83. The first kappa shape index (κ1) is 17.1. The molecule has 2 rings (SSSR count). The second-order valence-electron chi connectivity index (χ2n) is 4.03. The number of nitrogens with two attached hydrogens (primary N) is 1. The summed E-state index contributed by atoms with van der Waals surface area (Å²) in [5.74, 6) is 0.258. The molecule has 0 fully saturated rings. The quantitative estimate of drug-likeness (QED) is 0.351. The predicted octanol–water partition coefficient (Wildman–Crippen LogP) is 0.408. The Morgan fingerprint density at radius 1 is 1.32 bits per heavy atom. The van der Waals surface area contributed by atoms with E-state index in [1.165, 1.54) is 17.4 Å².